The molecule has 1 aliphatic heterocycles. The van der Waals surface area contributed by atoms with Crippen molar-refractivity contribution in [3.8, 4) is 0 Å². The predicted octanol–water partition coefficient (Wildman–Crippen LogP) is 2.29. The number of hydrogen-bond acceptors (Lipinski definition) is 4. The maximum atomic E-state index is 11.0. The lowest BCUT2D eigenvalue weighted by Crippen LogP contribution is -2.30. The molecule has 0 amide bonds. The van der Waals surface area contributed by atoms with Gasteiger partial charge in [-0.15, -0.1) is 0 Å². The Morgan fingerprint density at radius 2 is 2.37 bits per heavy atom. The summed E-state index contributed by atoms with van der Waals surface area (Å²) in [5.74, 6) is 0.255. The highest BCUT2D eigenvalue weighted by Crippen LogP contribution is 2.18. The second kappa shape index (κ2) is 6.21. The van der Waals surface area contributed by atoms with E-state index < -0.39 is 5.97 Å². The number of carboxylic acid groups (broad SMARTS) is 1. The Kier molecular flexibility index (Phi) is 4.61. The first-order valence-electron chi connectivity index (χ1n) is 6.76. The molecule has 0 aliphatic carbocycles. The van der Waals surface area contributed by atoms with Gasteiger partial charge >= 0.3 is 5.97 Å². The highest BCUT2D eigenvalue weighted by molar-refractivity contribution is 5.88. The highest BCUT2D eigenvalue weighted by atomic mass is 16.5. The molecule has 2 heterocycles. The molecule has 1 unspecified atom stereocenters. The first kappa shape index (κ1) is 14.1. The molecule has 2 rings (SSSR count). The van der Waals surface area contributed by atoms with Crippen LogP contribution in [0, 0.1) is 6.92 Å². The summed E-state index contributed by atoms with van der Waals surface area (Å²) in [6, 6.07) is 1.63. The standard InChI is InChI=1S/C14H21NO4/c1-3-11-8-15(5-4-6-18-11)9-12-7-13(14(16)17)10(2)19-12/h7,11H,3-6,8-9H2,1-2H3,(H,16,17). The molecular formula is C14H21NO4. The van der Waals surface area contributed by atoms with E-state index >= 15 is 0 Å². The van der Waals surface area contributed by atoms with Gasteiger partial charge in [-0.2, -0.15) is 0 Å². The van der Waals surface area contributed by atoms with E-state index in [-0.39, 0.29) is 11.7 Å². The van der Waals surface area contributed by atoms with E-state index in [1.54, 1.807) is 13.0 Å². The lowest BCUT2D eigenvalue weighted by atomic mass is 10.2. The van der Waals surface area contributed by atoms with Crippen LogP contribution in [-0.2, 0) is 11.3 Å². The number of ether oxygens (including phenoxy) is 1. The van der Waals surface area contributed by atoms with Crippen molar-refractivity contribution in [1.29, 1.82) is 0 Å². The molecule has 0 bridgehead atoms. The molecule has 1 fully saturated rings. The van der Waals surface area contributed by atoms with Crippen LogP contribution in [0.25, 0.3) is 0 Å². The molecule has 5 heteroatoms. The van der Waals surface area contributed by atoms with Crippen LogP contribution in [0.3, 0.4) is 0 Å². The number of rotatable bonds is 4. The van der Waals surface area contributed by atoms with Crippen molar-refractivity contribution in [2.75, 3.05) is 19.7 Å². The topological polar surface area (TPSA) is 62.9 Å². The molecule has 5 nitrogen and oxygen atoms in total. The Balaban J connectivity index is 2.03. The molecular weight excluding hydrogens is 246 g/mol. The SMILES string of the molecule is CCC1CN(Cc2cc(C(=O)O)c(C)o2)CCCO1. The van der Waals surface area contributed by atoms with Gasteiger partial charge in [-0.1, -0.05) is 6.92 Å². The van der Waals surface area contributed by atoms with Crippen molar-refractivity contribution in [2.24, 2.45) is 0 Å². The zero-order valence-electron chi connectivity index (χ0n) is 11.5. The minimum Gasteiger partial charge on any atom is -0.478 e. The lowest BCUT2D eigenvalue weighted by molar-refractivity contribution is 0.0501. The van der Waals surface area contributed by atoms with E-state index in [1.165, 1.54) is 0 Å². The van der Waals surface area contributed by atoms with Crippen molar-refractivity contribution >= 4 is 5.97 Å². The number of furan rings is 1. The molecule has 1 aromatic rings. The molecule has 1 N–H and O–H groups in total. The fourth-order valence-corrected chi connectivity index (χ4v) is 2.42. The number of hydrogen-bond donors (Lipinski definition) is 1. The monoisotopic (exact) mass is 267 g/mol. The summed E-state index contributed by atoms with van der Waals surface area (Å²) in [7, 11) is 0. The van der Waals surface area contributed by atoms with Crippen LogP contribution in [0.4, 0.5) is 0 Å². The Labute approximate surface area is 113 Å². The summed E-state index contributed by atoms with van der Waals surface area (Å²) in [5, 5.41) is 9.02. The maximum Gasteiger partial charge on any atom is 0.339 e. The van der Waals surface area contributed by atoms with Crippen LogP contribution in [0.15, 0.2) is 10.5 Å². The maximum absolute atomic E-state index is 11.0. The molecule has 106 valence electrons. The van der Waals surface area contributed by atoms with Crippen molar-refractivity contribution in [3.63, 3.8) is 0 Å². The summed E-state index contributed by atoms with van der Waals surface area (Å²) in [4.78, 5) is 13.3. The third-order valence-electron chi connectivity index (χ3n) is 3.47. The summed E-state index contributed by atoms with van der Waals surface area (Å²) in [6.07, 6.45) is 2.26. The third-order valence-corrected chi connectivity index (χ3v) is 3.47. The number of nitrogens with zero attached hydrogens (tertiary/aromatic N) is 1. The number of aromatic carboxylic acids is 1. The summed E-state index contributed by atoms with van der Waals surface area (Å²) in [6.45, 7) is 7.08. The highest BCUT2D eigenvalue weighted by Gasteiger charge is 2.20. The molecule has 1 aliphatic rings. The zero-order valence-corrected chi connectivity index (χ0v) is 11.5. The van der Waals surface area contributed by atoms with Crippen molar-refractivity contribution in [3.05, 3.63) is 23.2 Å². The number of carboxylic acids is 1. The summed E-state index contributed by atoms with van der Waals surface area (Å²) in [5.41, 5.74) is 0.258. The largest absolute Gasteiger partial charge is 0.478 e. The van der Waals surface area contributed by atoms with Gasteiger partial charge < -0.3 is 14.3 Å². The van der Waals surface area contributed by atoms with Gasteiger partial charge in [-0.25, -0.2) is 4.79 Å². The average molecular weight is 267 g/mol. The molecule has 1 aromatic heterocycles. The van der Waals surface area contributed by atoms with E-state index in [0.717, 1.165) is 32.5 Å². The molecule has 0 radical (unpaired) electrons. The van der Waals surface area contributed by atoms with Gasteiger partial charge in [-0.05, 0) is 25.8 Å². The lowest BCUT2D eigenvalue weighted by Gasteiger charge is -2.21. The molecule has 0 aromatic carbocycles. The molecule has 19 heavy (non-hydrogen) atoms. The van der Waals surface area contributed by atoms with E-state index in [0.29, 0.717) is 18.1 Å². The predicted molar refractivity (Wildman–Crippen MR) is 70.3 cm³/mol. The van der Waals surface area contributed by atoms with Gasteiger partial charge in [0.2, 0.25) is 0 Å². The van der Waals surface area contributed by atoms with Gasteiger partial charge in [0, 0.05) is 19.7 Å². The molecule has 1 atom stereocenters. The first-order chi connectivity index (χ1) is 9.10. The van der Waals surface area contributed by atoms with Crippen molar-refractivity contribution < 1.29 is 19.1 Å². The van der Waals surface area contributed by atoms with Crippen LogP contribution in [-0.4, -0.2) is 41.8 Å². The molecule has 1 saturated heterocycles. The molecule has 0 saturated carbocycles. The summed E-state index contributed by atoms with van der Waals surface area (Å²) < 4.78 is 11.2. The normalized spacial score (nSPS) is 21.3. The smallest absolute Gasteiger partial charge is 0.339 e. The Bertz CT molecular complexity index is 441. The average Bonchev–Trinajstić information content (AvgIpc) is 2.60. The number of carbonyl (C=O) groups is 1. The van der Waals surface area contributed by atoms with Crippen LogP contribution < -0.4 is 0 Å². The van der Waals surface area contributed by atoms with Gasteiger partial charge in [0.25, 0.3) is 0 Å². The van der Waals surface area contributed by atoms with Gasteiger partial charge in [0.1, 0.15) is 17.1 Å². The minimum atomic E-state index is -0.932. The van der Waals surface area contributed by atoms with E-state index in [2.05, 4.69) is 11.8 Å². The first-order valence-corrected chi connectivity index (χ1v) is 6.76. The van der Waals surface area contributed by atoms with Crippen molar-refractivity contribution in [1.82, 2.24) is 4.90 Å². The zero-order chi connectivity index (χ0) is 13.8. The Morgan fingerprint density at radius 3 is 3.00 bits per heavy atom. The van der Waals surface area contributed by atoms with Gasteiger partial charge in [-0.3, -0.25) is 4.90 Å². The van der Waals surface area contributed by atoms with Crippen LogP contribution >= 0.6 is 0 Å². The Hall–Kier alpha value is -1.33. The van der Waals surface area contributed by atoms with Gasteiger partial charge in [0.05, 0.1) is 12.6 Å². The van der Waals surface area contributed by atoms with Gasteiger partial charge in [0.15, 0.2) is 0 Å². The van der Waals surface area contributed by atoms with Crippen LogP contribution in [0.2, 0.25) is 0 Å². The van der Waals surface area contributed by atoms with Crippen LogP contribution in [0.1, 0.15) is 41.6 Å². The minimum absolute atomic E-state index is 0.258. The Morgan fingerprint density at radius 1 is 1.58 bits per heavy atom. The second-order valence-corrected chi connectivity index (χ2v) is 4.98. The van der Waals surface area contributed by atoms with E-state index in [1.807, 2.05) is 0 Å². The quantitative estimate of drug-likeness (QED) is 0.906. The van der Waals surface area contributed by atoms with Crippen molar-refractivity contribution in [2.45, 2.75) is 39.3 Å². The molecule has 0 spiro atoms. The second-order valence-electron chi connectivity index (χ2n) is 4.98. The van der Waals surface area contributed by atoms with E-state index in [9.17, 15) is 4.79 Å². The fourth-order valence-electron chi connectivity index (χ4n) is 2.42. The van der Waals surface area contributed by atoms with E-state index in [4.69, 9.17) is 14.3 Å². The fraction of sp³-hybridized carbons (Fsp3) is 0.643. The summed E-state index contributed by atoms with van der Waals surface area (Å²) >= 11 is 0. The third kappa shape index (κ3) is 3.58. The number of aryl methyl sites for hydroxylation is 1. The van der Waals surface area contributed by atoms with Crippen LogP contribution in [0.5, 0.6) is 0 Å².